The maximum absolute atomic E-state index is 14.7. The number of phosphoric acid groups is 1. The predicted octanol–water partition coefficient (Wildman–Crippen LogP) is 13.1. The Labute approximate surface area is 404 Å². The number of hydrogen-bond acceptors (Lipinski definition) is 13. The number of halogens is 1. The maximum Gasteiger partial charge on any atom is 0.530 e. The number of nitrogens with zero attached hydrogens (tertiary/aromatic N) is 3. The molecule has 15 nitrogen and oxygen atoms in total. The molecular weight excluding hydrogens is 899 g/mol. The highest BCUT2D eigenvalue weighted by molar-refractivity contribution is 7.49. The number of unbranched alkanes of at least 4 members (excludes halogenated alkanes) is 15. The quantitative estimate of drug-likeness (QED) is 0.0358. The van der Waals surface area contributed by atoms with E-state index in [9.17, 15) is 9.36 Å². The fourth-order valence-corrected chi connectivity index (χ4v) is 9.92. The molecule has 3 aromatic rings. The van der Waals surface area contributed by atoms with Crippen molar-refractivity contribution in [1.82, 2.24) is 14.6 Å². The lowest BCUT2D eigenvalue weighted by molar-refractivity contribution is -0.212. The molecule has 0 radical (unpaired) electrons. The Morgan fingerprint density at radius 2 is 1.54 bits per heavy atom. The molecule has 1 unspecified atom stereocenters. The first-order valence-electron chi connectivity index (χ1n) is 24.5. The van der Waals surface area contributed by atoms with Crippen LogP contribution in [-0.4, -0.2) is 89.0 Å². The van der Waals surface area contributed by atoms with Gasteiger partial charge in [0.25, 0.3) is 0 Å². The van der Waals surface area contributed by atoms with Crippen LogP contribution in [0.2, 0.25) is 5.02 Å². The van der Waals surface area contributed by atoms with E-state index in [-0.39, 0.29) is 43.0 Å². The number of phosphoric ester groups is 1. The summed E-state index contributed by atoms with van der Waals surface area (Å²) in [6.45, 7) is 17.3. The summed E-state index contributed by atoms with van der Waals surface area (Å²) in [6, 6.07) is 10.2. The number of aromatic nitrogens is 3. The van der Waals surface area contributed by atoms with Crippen molar-refractivity contribution in [2.75, 3.05) is 38.4 Å². The molecule has 376 valence electrons. The van der Waals surface area contributed by atoms with Gasteiger partial charge in [0.15, 0.2) is 11.6 Å². The number of benzene rings is 1. The Kier molecular flexibility index (Phi) is 21.9. The van der Waals surface area contributed by atoms with Crippen molar-refractivity contribution < 1.29 is 51.4 Å². The monoisotopic (exact) mass is 977 g/mol. The van der Waals surface area contributed by atoms with E-state index in [1.54, 1.807) is 68.6 Å². The zero-order valence-corrected chi connectivity index (χ0v) is 42.8. The van der Waals surface area contributed by atoms with Gasteiger partial charge in [0.1, 0.15) is 53.2 Å². The van der Waals surface area contributed by atoms with Crippen molar-refractivity contribution in [3.8, 4) is 5.75 Å². The van der Waals surface area contributed by atoms with Crippen LogP contribution >= 0.6 is 19.4 Å². The Balaban J connectivity index is 1.16. The van der Waals surface area contributed by atoms with Crippen molar-refractivity contribution in [3.05, 3.63) is 66.1 Å². The highest BCUT2D eigenvalue weighted by Crippen LogP contribution is 2.55. The summed E-state index contributed by atoms with van der Waals surface area (Å²) in [4.78, 5) is 17.0. The van der Waals surface area contributed by atoms with E-state index in [1.165, 1.54) is 96.2 Å². The number of rotatable bonds is 32. The number of carbonyl (C=O) groups excluding carboxylic acids is 1. The lowest BCUT2D eigenvalue weighted by Gasteiger charge is -2.32. The highest BCUT2D eigenvalue weighted by atomic mass is 35.5. The third-order valence-corrected chi connectivity index (χ3v) is 13.3. The molecule has 0 bridgehead atoms. The zero-order valence-electron chi connectivity index (χ0n) is 41.1. The molecule has 0 aliphatic carbocycles. The van der Waals surface area contributed by atoms with Crippen molar-refractivity contribution in [3.63, 3.8) is 0 Å². The molecule has 6 atom stereocenters. The number of carbonyl (C=O) groups is 1. The van der Waals surface area contributed by atoms with E-state index in [4.69, 9.17) is 53.6 Å². The molecule has 4 heterocycles. The van der Waals surface area contributed by atoms with Gasteiger partial charge in [-0.2, -0.15) is 5.10 Å². The van der Waals surface area contributed by atoms with Crippen LogP contribution in [0.15, 0.2) is 55.4 Å². The van der Waals surface area contributed by atoms with Crippen molar-refractivity contribution >= 4 is 36.9 Å². The fourth-order valence-electron chi connectivity index (χ4n) is 8.34. The Bertz CT molecular complexity index is 2010. The predicted molar refractivity (Wildman–Crippen MR) is 261 cm³/mol. The van der Waals surface area contributed by atoms with E-state index in [1.807, 2.05) is 19.9 Å². The summed E-state index contributed by atoms with van der Waals surface area (Å²) >= 11 is 6.48. The molecule has 2 fully saturated rings. The standard InChI is InChI=1S/C50H78ClN4O11P/c1-9-11-12-13-14-15-16-17-18-19-20-21-22-23-24-27-33-58-34-38(59-32-10-2)35-60-67(57,66-42-29-26-25-28-39(42)51)61-36-50(8)45-44(62-49(6,7)64-45)43(63-50)40-30-31-41-46(52-37-53-55(40)41)54-47(56)65-48(3,4)5/h10,25-26,28-31,37-38,43-45H,2,9,11-24,27,32-36H2,1,3-8H3,(H,52,53,54,56)/t38-,43+,44+,45+,50-,67?/m1/s1. The summed E-state index contributed by atoms with van der Waals surface area (Å²) in [5.41, 5.74) is -0.867. The molecule has 1 amide bonds. The van der Waals surface area contributed by atoms with Crippen LogP contribution in [0.1, 0.15) is 163 Å². The molecule has 0 spiro atoms. The van der Waals surface area contributed by atoms with Gasteiger partial charge in [-0.15, -0.1) is 6.58 Å². The number of fused-ring (bicyclic) bond motifs is 2. The fraction of sp³-hybridized carbons (Fsp3) is 0.700. The molecule has 17 heteroatoms. The molecule has 2 aliphatic rings. The van der Waals surface area contributed by atoms with Crippen LogP contribution in [0.3, 0.4) is 0 Å². The zero-order chi connectivity index (χ0) is 48.3. The Hall–Kier alpha value is -3.11. The minimum Gasteiger partial charge on any atom is -0.444 e. The lowest BCUT2D eigenvalue weighted by Crippen LogP contribution is -2.44. The van der Waals surface area contributed by atoms with Crippen LogP contribution in [0.25, 0.3) is 5.52 Å². The van der Waals surface area contributed by atoms with Crippen LogP contribution in [0.4, 0.5) is 10.6 Å². The average molecular weight is 978 g/mol. The third-order valence-electron chi connectivity index (χ3n) is 11.7. The molecule has 2 saturated heterocycles. The van der Waals surface area contributed by atoms with E-state index >= 15 is 0 Å². The van der Waals surface area contributed by atoms with Gasteiger partial charge >= 0.3 is 13.9 Å². The first kappa shape index (κ1) is 54.8. The Morgan fingerprint density at radius 1 is 0.896 bits per heavy atom. The molecule has 2 aromatic heterocycles. The van der Waals surface area contributed by atoms with Gasteiger partial charge in [0, 0.05) is 6.61 Å². The van der Waals surface area contributed by atoms with Gasteiger partial charge in [-0.05, 0) is 72.2 Å². The van der Waals surface area contributed by atoms with E-state index < -0.39 is 55.3 Å². The molecule has 2 aliphatic heterocycles. The number of hydrogen-bond donors (Lipinski definition) is 1. The van der Waals surface area contributed by atoms with Crippen molar-refractivity contribution in [1.29, 1.82) is 0 Å². The van der Waals surface area contributed by atoms with Crippen LogP contribution < -0.4 is 9.84 Å². The molecule has 1 N–H and O–H groups in total. The average Bonchev–Trinajstić information content (AvgIpc) is 3.93. The van der Waals surface area contributed by atoms with E-state index in [0.717, 1.165) is 12.8 Å². The van der Waals surface area contributed by atoms with Gasteiger partial charge in [0.2, 0.25) is 0 Å². The second-order valence-corrected chi connectivity index (χ2v) is 21.3. The third kappa shape index (κ3) is 17.7. The van der Waals surface area contributed by atoms with Gasteiger partial charge < -0.3 is 32.9 Å². The smallest absolute Gasteiger partial charge is 0.444 e. The van der Waals surface area contributed by atoms with Crippen LogP contribution in [0.5, 0.6) is 5.75 Å². The molecule has 1 aromatic carbocycles. The van der Waals surface area contributed by atoms with Gasteiger partial charge in [0.05, 0.1) is 37.1 Å². The topological polar surface area (TPSA) is 159 Å². The number of anilines is 1. The largest absolute Gasteiger partial charge is 0.530 e. The van der Waals surface area contributed by atoms with Gasteiger partial charge in [-0.25, -0.2) is 18.9 Å². The van der Waals surface area contributed by atoms with Crippen LogP contribution in [0, 0.1) is 0 Å². The second-order valence-electron chi connectivity index (χ2n) is 19.3. The Morgan fingerprint density at radius 3 is 2.16 bits per heavy atom. The summed E-state index contributed by atoms with van der Waals surface area (Å²) in [7, 11) is -4.45. The minimum atomic E-state index is -4.45. The van der Waals surface area contributed by atoms with E-state index in [2.05, 4.69) is 28.9 Å². The normalized spacial score (nSPS) is 21.5. The van der Waals surface area contributed by atoms with Crippen molar-refractivity contribution in [2.45, 2.75) is 193 Å². The second kappa shape index (κ2) is 26.8. The molecule has 67 heavy (non-hydrogen) atoms. The first-order valence-corrected chi connectivity index (χ1v) is 26.4. The number of ether oxygens (including phenoxy) is 6. The first-order chi connectivity index (χ1) is 32.1. The number of nitrogens with one attached hydrogen (secondary N) is 1. The SMILES string of the molecule is C=CCO[C@H](COCCCCCCCCCCCCCCCCCC)COP(=O)(OC[C@@]1(C)O[C@@H](c2ccc3c(NC(=O)OC(C)(C)C)ncnn23)[C@@H]2OC(C)(C)O[C@@H]21)Oc1ccccc1Cl. The van der Waals surface area contributed by atoms with Gasteiger partial charge in [-0.1, -0.05) is 133 Å². The summed E-state index contributed by atoms with van der Waals surface area (Å²) < 4.78 is 71.7. The summed E-state index contributed by atoms with van der Waals surface area (Å²) in [6.07, 6.45) is 20.4. The van der Waals surface area contributed by atoms with E-state index in [0.29, 0.717) is 17.8 Å². The minimum absolute atomic E-state index is 0.112. The molecule has 0 saturated carbocycles. The van der Waals surface area contributed by atoms with Gasteiger partial charge in [-0.3, -0.25) is 14.4 Å². The summed E-state index contributed by atoms with van der Waals surface area (Å²) in [5, 5.41) is 7.41. The lowest BCUT2D eigenvalue weighted by atomic mass is 9.97. The van der Waals surface area contributed by atoms with Crippen molar-refractivity contribution in [2.24, 2.45) is 0 Å². The molecular formula is C50H78ClN4O11P. The summed E-state index contributed by atoms with van der Waals surface area (Å²) in [5.74, 6) is -0.642. The maximum atomic E-state index is 14.7. The number of para-hydroxylation sites is 1. The molecule has 5 rings (SSSR count). The number of amides is 1. The van der Waals surface area contributed by atoms with Crippen LogP contribution in [-0.2, 0) is 42.0 Å². The highest BCUT2D eigenvalue weighted by Gasteiger charge is 2.62.